The molecule has 1 aromatic carbocycles. The molecule has 0 amide bonds. The molecule has 86 valence electrons. The van der Waals surface area contributed by atoms with Crippen molar-refractivity contribution in [2.45, 2.75) is 5.75 Å². The molecule has 0 saturated carbocycles. The molecule has 0 aliphatic heterocycles. The van der Waals surface area contributed by atoms with Crippen LogP contribution in [-0.4, -0.2) is 27.0 Å². The largest absolute Gasteiger partial charge is 0.288 e. The lowest BCUT2D eigenvalue weighted by Crippen LogP contribution is -2.27. The molecule has 1 rings (SSSR count). The summed E-state index contributed by atoms with van der Waals surface area (Å²) in [6.45, 7) is 0. The molecule has 5 nitrogen and oxygen atoms in total. The molecule has 0 N–H and O–H groups in total. The van der Waals surface area contributed by atoms with Gasteiger partial charge in [0, 0.05) is 7.05 Å². The van der Waals surface area contributed by atoms with Gasteiger partial charge in [0.1, 0.15) is 0 Å². The Balaban J connectivity index is 3.02. The minimum absolute atomic E-state index is 0.249. The lowest BCUT2D eigenvalue weighted by Gasteiger charge is -2.14. The molecular weight excluding hydrogens is 228 g/mol. The number of hydrogen-bond donors (Lipinski definition) is 0. The number of benzene rings is 1. The molecule has 0 aliphatic rings. The molecule has 0 bridgehead atoms. The van der Waals surface area contributed by atoms with Crippen molar-refractivity contribution in [3.05, 3.63) is 35.4 Å². The summed E-state index contributed by atoms with van der Waals surface area (Å²) < 4.78 is 24.2. The van der Waals surface area contributed by atoms with Crippen LogP contribution >= 0.6 is 0 Å². The van der Waals surface area contributed by atoms with Crippen LogP contribution in [0, 0.1) is 11.3 Å². The van der Waals surface area contributed by atoms with Gasteiger partial charge in [-0.2, -0.15) is 5.26 Å². The topological polar surface area (TPSA) is 70.4 Å². The van der Waals surface area contributed by atoms with E-state index in [2.05, 4.69) is 4.84 Å². The van der Waals surface area contributed by atoms with Crippen LogP contribution in [0.3, 0.4) is 0 Å². The van der Waals surface area contributed by atoms with E-state index >= 15 is 0 Å². The number of hydrogen-bond acceptors (Lipinski definition) is 4. The number of hydroxylamine groups is 1. The summed E-state index contributed by atoms with van der Waals surface area (Å²) in [4.78, 5) is 4.62. The Hall–Kier alpha value is -1.42. The molecule has 0 atom stereocenters. The first kappa shape index (κ1) is 12.6. The van der Waals surface area contributed by atoms with Gasteiger partial charge in [0.15, 0.2) is 0 Å². The minimum Gasteiger partial charge on any atom is -0.288 e. The maximum Gasteiger partial charge on any atom is 0.239 e. The first-order valence-electron chi connectivity index (χ1n) is 4.50. The van der Waals surface area contributed by atoms with Crippen molar-refractivity contribution < 1.29 is 13.3 Å². The second-order valence-electron chi connectivity index (χ2n) is 3.12. The number of rotatable bonds is 4. The highest BCUT2D eigenvalue weighted by Gasteiger charge is 2.19. The Labute approximate surface area is 94.9 Å². The van der Waals surface area contributed by atoms with E-state index in [-0.39, 0.29) is 5.75 Å². The molecule has 0 aromatic heterocycles. The second-order valence-corrected chi connectivity index (χ2v) is 5.08. The molecule has 0 saturated heterocycles. The third-order valence-electron chi connectivity index (χ3n) is 2.12. The summed E-state index contributed by atoms with van der Waals surface area (Å²) >= 11 is 0. The van der Waals surface area contributed by atoms with Crippen LogP contribution in [0.1, 0.15) is 11.1 Å². The van der Waals surface area contributed by atoms with Gasteiger partial charge in [0.05, 0.1) is 24.5 Å². The average Bonchev–Trinajstić information content (AvgIpc) is 2.28. The highest BCUT2D eigenvalue weighted by Crippen LogP contribution is 2.13. The quantitative estimate of drug-likeness (QED) is 0.732. The molecule has 0 radical (unpaired) electrons. The van der Waals surface area contributed by atoms with Crippen LogP contribution in [0.25, 0.3) is 0 Å². The van der Waals surface area contributed by atoms with Gasteiger partial charge in [0.2, 0.25) is 10.0 Å². The summed E-state index contributed by atoms with van der Waals surface area (Å²) in [6.07, 6.45) is 0. The van der Waals surface area contributed by atoms with E-state index < -0.39 is 10.0 Å². The van der Waals surface area contributed by atoms with E-state index in [1.807, 2.05) is 6.07 Å². The first-order valence-corrected chi connectivity index (χ1v) is 6.11. The molecule has 16 heavy (non-hydrogen) atoms. The van der Waals surface area contributed by atoms with E-state index in [1.165, 1.54) is 14.2 Å². The predicted octanol–water partition coefficient (Wildman–Crippen LogP) is 0.881. The molecule has 0 spiro atoms. The van der Waals surface area contributed by atoms with Crippen molar-refractivity contribution in [1.82, 2.24) is 4.47 Å². The van der Waals surface area contributed by atoms with Crippen molar-refractivity contribution in [3.8, 4) is 6.07 Å². The van der Waals surface area contributed by atoms with Gasteiger partial charge < -0.3 is 0 Å². The van der Waals surface area contributed by atoms with Crippen molar-refractivity contribution in [1.29, 1.82) is 5.26 Å². The number of nitriles is 1. The fraction of sp³-hybridized carbons (Fsp3) is 0.300. The van der Waals surface area contributed by atoms with Crippen LogP contribution in [0.2, 0.25) is 0 Å². The molecule has 1 aromatic rings. The highest BCUT2D eigenvalue weighted by molar-refractivity contribution is 7.88. The fourth-order valence-electron chi connectivity index (χ4n) is 1.16. The van der Waals surface area contributed by atoms with Gasteiger partial charge in [-0.25, -0.2) is 8.42 Å². The summed E-state index contributed by atoms with van der Waals surface area (Å²) in [5.41, 5.74) is 0.824. The van der Waals surface area contributed by atoms with E-state index in [0.29, 0.717) is 11.1 Å². The van der Waals surface area contributed by atoms with Crippen LogP contribution in [-0.2, 0) is 20.6 Å². The van der Waals surface area contributed by atoms with Crippen molar-refractivity contribution in [2.24, 2.45) is 0 Å². The molecule has 0 unspecified atom stereocenters. The first-order chi connectivity index (χ1) is 7.51. The van der Waals surface area contributed by atoms with Gasteiger partial charge in [-0.1, -0.05) is 22.7 Å². The Bertz CT molecular complexity index is 505. The maximum absolute atomic E-state index is 11.7. The molecule has 0 heterocycles. The minimum atomic E-state index is -3.54. The van der Waals surface area contributed by atoms with Crippen LogP contribution in [0.15, 0.2) is 24.3 Å². The Morgan fingerprint density at radius 3 is 2.62 bits per heavy atom. The number of nitrogens with zero attached hydrogens (tertiary/aromatic N) is 2. The second kappa shape index (κ2) is 5.07. The van der Waals surface area contributed by atoms with Crippen LogP contribution < -0.4 is 0 Å². The van der Waals surface area contributed by atoms with Crippen LogP contribution in [0.5, 0.6) is 0 Å². The Morgan fingerprint density at radius 1 is 1.44 bits per heavy atom. The summed E-state index contributed by atoms with van der Waals surface area (Å²) in [6, 6.07) is 8.53. The number of sulfonamides is 1. The summed E-state index contributed by atoms with van der Waals surface area (Å²) in [5.74, 6) is -0.249. The molecule has 6 heteroatoms. The van der Waals surface area contributed by atoms with Gasteiger partial charge >= 0.3 is 0 Å². The van der Waals surface area contributed by atoms with Crippen molar-refractivity contribution in [2.75, 3.05) is 14.2 Å². The Kier molecular flexibility index (Phi) is 4.01. The average molecular weight is 240 g/mol. The monoisotopic (exact) mass is 240 g/mol. The van der Waals surface area contributed by atoms with Crippen molar-refractivity contribution >= 4 is 10.0 Å². The highest BCUT2D eigenvalue weighted by atomic mass is 32.2. The molecule has 0 aliphatic carbocycles. The molecule has 0 fully saturated rings. The summed E-state index contributed by atoms with van der Waals surface area (Å²) in [5, 5.41) is 8.82. The van der Waals surface area contributed by atoms with Crippen molar-refractivity contribution in [3.63, 3.8) is 0 Å². The standard InChI is InChI=1S/C10H12N2O3S/c1-12(15-2)16(13,14)8-10-6-4-3-5-9(10)7-11/h3-6H,8H2,1-2H3. The normalized spacial score (nSPS) is 11.4. The zero-order chi connectivity index (χ0) is 12.2. The van der Waals surface area contributed by atoms with E-state index in [0.717, 1.165) is 4.47 Å². The lowest BCUT2D eigenvalue weighted by molar-refractivity contribution is -0.0260. The van der Waals surface area contributed by atoms with E-state index in [1.54, 1.807) is 24.3 Å². The fourth-order valence-corrected chi connectivity index (χ4v) is 2.21. The third-order valence-corrected chi connectivity index (χ3v) is 3.73. The van der Waals surface area contributed by atoms with Gasteiger partial charge in [-0.05, 0) is 11.6 Å². The third kappa shape index (κ3) is 2.79. The van der Waals surface area contributed by atoms with Gasteiger partial charge in [-0.3, -0.25) is 4.84 Å². The molecular formula is C10H12N2O3S. The zero-order valence-corrected chi connectivity index (χ0v) is 9.86. The summed E-state index contributed by atoms with van der Waals surface area (Å²) in [7, 11) is -0.955. The predicted molar refractivity (Wildman–Crippen MR) is 58.6 cm³/mol. The SMILES string of the molecule is CON(C)S(=O)(=O)Cc1ccccc1C#N. The van der Waals surface area contributed by atoms with E-state index in [9.17, 15) is 8.42 Å². The van der Waals surface area contributed by atoms with Crippen LogP contribution in [0.4, 0.5) is 0 Å². The zero-order valence-electron chi connectivity index (χ0n) is 9.04. The lowest BCUT2D eigenvalue weighted by atomic mass is 10.1. The Morgan fingerprint density at radius 2 is 2.06 bits per heavy atom. The van der Waals surface area contributed by atoms with Gasteiger partial charge in [0.25, 0.3) is 0 Å². The smallest absolute Gasteiger partial charge is 0.239 e. The van der Waals surface area contributed by atoms with Gasteiger partial charge in [-0.15, -0.1) is 0 Å². The maximum atomic E-state index is 11.7. The van der Waals surface area contributed by atoms with E-state index in [4.69, 9.17) is 5.26 Å².